The van der Waals surface area contributed by atoms with Gasteiger partial charge in [0, 0.05) is 11.8 Å². The predicted octanol–water partition coefficient (Wildman–Crippen LogP) is 2.65. The number of hydrogen-bond acceptors (Lipinski definition) is 3. The lowest BCUT2D eigenvalue weighted by molar-refractivity contribution is 0.579. The Balaban J connectivity index is 2.13. The summed E-state index contributed by atoms with van der Waals surface area (Å²) in [5.74, 6) is -0.751. The van der Waals surface area contributed by atoms with E-state index >= 15 is 0 Å². The third kappa shape index (κ3) is 1.99. The predicted molar refractivity (Wildman–Crippen MR) is 72.1 cm³/mol. The first kappa shape index (κ1) is 12.5. The molecule has 6 heteroatoms. The molecule has 20 heavy (non-hydrogen) atoms. The molecule has 0 aliphatic rings. The number of halogens is 2. The highest BCUT2D eigenvalue weighted by atomic mass is 19.1. The Kier molecular flexibility index (Phi) is 2.85. The number of aromatic nitrogens is 3. The normalized spacial score (nSPS) is 11.2. The largest absolute Gasteiger partial charge is 0.369 e. The minimum Gasteiger partial charge on any atom is -0.369 e. The number of benzene rings is 1. The van der Waals surface area contributed by atoms with Crippen molar-refractivity contribution in [1.82, 2.24) is 14.5 Å². The first-order chi connectivity index (χ1) is 9.56. The summed E-state index contributed by atoms with van der Waals surface area (Å²) in [7, 11) is 0. The molecule has 0 aliphatic carbocycles. The van der Waals surface area contributed by atoms with Gasteiger partial charge in [-0.05, 0) is 36.8 Å². The summed E-state index contributed by atoms with van der Waals surface area (Å²) in [5, 5.41) is 0. The summed E-state index contributed by atoms with van der Waals surface area (Å²) >= 11 is 0. The van der Waals surface area contributed by atoms with Gasteiger partial charge < -0.3 is 5.73 Å². The molecule has 2 heterocycles. The van der Waals surface area contributed by atoms with Crippen LogP contribution in [-0.4, -0.2) is 14.5 Å². The highest BCUT2D eigenvalue weighted by Crippen LogP contribution is 2.21. The van der Waals surface area contributed by atoms with E-state index in [-0.39, 0.29) is 18.1 Å². The number of fused-ring (bicyclic) bond motifs is 1. The molecule has 1 aromatic carbocycles. The fourth-order valence-corrected chi connectivity index (χ4v) is 2.15. The minimum atomic E-state index is -0.492. The van der Waals surface area contributed by atoms with Crippen molar-refractivity contribution in [3.05, 3.63) is 53.2 Å². The lowest BCUT2D eigenvalue weighted by Gasteiger charge is -2.07. The van der Waals surface area contributed by atoms with E-state index in [0.29, 0.717) is 11.2 Å². The van der Waals surface area contributed by atoms with E-state index in [1.807, 2.05) is 13.0 Å². The number of nitrogens with two attached hydrogens (primary N) is 1. The van der Waals surface area contributed by atoms with E-state index in [4.69, 9.17) is 5.73 Å². The van der Waals surface area contributed by atoms with Gasteiger partial charge in [-0.15, -0.1) is 0 Å². The number of aryl methyl sites for hydroxylation is 1. The second-order valence-electron chi connectivity index (χ2n) is 4.59. The Morgan fingerprint density at radius 3 is 2.85 bits per heavy atom. The molecule has 0 fully saturated rings. The lowest BCUT2D eigenvalue weighted by atomic mass is 10.2. The van der Waals surface area contributed by atoms with Crippen molar-refractivity contribution in [3.8, 4) is 0 Å². The molecule has 2 N–H and O–H groups in total. The molecule has 0 amide bonds. The van der Waals surface area contributed by atoms with Crippen LogP contribution in [0.3, 0.4) is 0 Å². The van der Waals surface area contributed by atoms with Crippen LogP contribution in [0.5, 0.6) is 0 Å². The van der Waals surface area contributed by atoms with Gasteiger partial charge >= 0.3 is 0 Å². The molecule has 0 unspecified atom stereocenters. The van der Waals surface area contributed by atoms with E-state index in [0.717, 1.165) is 23.8 Å². The monoisotopic (exact) mass is 274 g/mol. The molecule has 3 aromatic rings. The minimum absolute atomic E-state index is 0.0857. The SMILES string of the molecule is Cc1ccnc2c1nc(N)n2Cc1cc(F)ccc1F. The maximum atomic E-state index is 13.7. The van der Waals surface area contributed by atoms with E-state index in [2.05, 4.69) is 9.97 Å². The second kappa shape index (κ2) is 4.56. The van der Waals surface area contributed by atoms with Crippen molar-refractivity contribution in [2.45, 2.75) is 13.5 Å². The summed E-state index contributed by atoms with van der Waals surface area (Å²) in [6.07, 6.45) is 1.64. The number of nitrogens with zero attached hydrogens (tertiary/aromatic N) is 3. The van der Waals surface area contributed by atoms with Gasteiger partial charge in [-0.2, -0.15) is 0 Å². The van der Waals surface area contributed by atoms with Crippen molar-refractivity contribution in [1.29, 1.82) is 0 Å². The van der Waals surface area contributed by atoms with Crippen molar-refractivity contribution < 1.29 is 8.78 Å². The van der Waals surface area contributed by atoms with Crippen LogP contribution in [0.25, 0.3) is 11.2 Å². The Labute approximate surface area is 113 Å². The summed E-state index contributed by atoms with van der Waals surface area (Å²) in [6, 6.07) is 5.15. The van der Waals surface area contributed by atoms with Gasteiger partial charge in [0.05, 0.1) is 6.54 Å². The maximum Gasteiger partial charge on any atom is 0.202 e. The van der Waals surface area contributed by atoms with Crippen LogP contribution in [0.15, 0.2) is 30.5 Å². The zero-order valence-electron chi connectivity index (χ0n) is 10.8. The Hall–Kier alpha value is -2.50. The maximum absolute atomic E-state index is 13.7. The number of imidazole rings is 1. The number of rotatable bonds is 2. The highest BCUT2D eigenvalue weighted by Gasteiger charge is 2.13. The average Bonchev–Trinajstić information content (AvgIpc) is 2.73. The molecule has 0 radical (unpaired) electrons. The van der Waals surface area contributed by atoms with Crippen LogP contribution in [0, 0.1) is 18.6 Å². The van der Waals surface area contributed by atoms with E-state index in [9.17, 15) is 8.78 Å². The summed E-state index contributed by atoms with van der Waals surface area (Å²) in [5.41, 5.74) is 8.22. The van der Waals surface area contributed by atoms with E-state index in [1.54, 1.807) is 10.8 Å². The summed E-state index contributed by atoms with van der Waals surface area (Å²) < 4.78 is 28.5. The molecule has 102 valence electrons. The molecule has 0 saturated heterocycles. The summed E-state index contributed by atoms with van der Waals surface area (Å²) in [4.78, 5) is 8.44. The van der Waals surface area contributed by atoms with Gasteiger partial charge in [-0.3, -0.25) is 4.57 Å². The highest BCUT2D eigenvalue weighted by molar-refractivity contribution is 5.77. The smallest absolute Gasteiger partial charge is 0.202 e. The first-order valence-corrected chi connectivity index (χ1v) is 6.07. The molecule has 0 atom stereocenters. The van der Waals surface area contributed by atoms with Gasteiger partial charge in [0.2, 0.25) is 5.95 Å². The van der Waals surface area contributed by atoms with E-state index in [1.165, 1.54) is 0 Å². The molecule has 0 spiro atoms. The zero-order valence-corrected chi connectivity index (χ0v) is 10.8. The third-order valence-electron chi connectivity index (χ3n) is 3.20. The van der Waals surface area contributed by atoms with Crippen LogP contribution in [0.2, 0.25) is 0 Å². The Morgan fingerprint density at radius 2 is 2.05 bits per heavy atom. The first-order valence-electron chi connectivity index (χ1n) is 6.07. The Morgan fingerprint density at radius 1 is 1.25 bits per heavy atom. The molecule has 0 bridgehead atoms. The van der Waals surface area contributed by atoms with Crippen LogP contribution >= 0.6 is 0 Å². The molecular formula is C14H12F2N4. The van der Waals surface area contributed by atoms with Gasteiger partial charge in [-0.1, -0.05) is 0 Å². The summed E-state index contributed by atoms with van der Waals surface area (Å²) in [6.45, 7) is 1.98. The fraction of sp³-hybridized carbons (Fsp3) is 0.143. The van der Waals surface area contributed by atoms with Crippen molar-refractivity contribution in [2.24, 2.45) is 0 Å². The second-order valence-corrected chi connectivity index (χ2v) is 4.59. The molecule has 3 rings (SSSR count). The third-order valence-corrected chi connectivity index (χ3v) is 3.20. The number of nitrogen functional groups attached to an aromatic ring is 1. The molecule has 2 aromatic heterocycles. The number of hydrogen-bond donors (Lipinski definition) is 1. The van der Waals surface area contributed by atoms with Crippen molar-refractivity contribution in [2.75, 3.05) is 5.73 Å². The van der Waals surface area contributed by atoms with Crippen molar-refractivity contribution >= 4 is 17.1 Å². The standard InChI is InChI=1S/C14H12F2N4/c1-8-4-5-18-13-12(8)19-14(17)20(13)7-9-6-10(15)2-3-11(9)16/h2-6H,7H2,1H3,(H2,17,19). The molecule has 4 nitrogen and oxygen atoms in total. The van der Waals surface area contributed by atoms with Gasteiger partial charge in [0.15, 0.2) is 5.65 Å². The lowest BCUT2D eigenvalue weighted by Crippen LogP contribution is -2.07. The average molecular weight is 274 g/mol. The number of pyridine rings is 1. The number of anilines is 1. The van der Waals surface area contributed by atoms with Crippen LogP contribution in [-0.2, 0) is 6.54 Å². The van der Waals surface area contributed by atoms with Crippen LogP contribution in [0.1, 0.15) is 11.1 Å². The topological polar surface area (TPSA) is 56.7 Å². The van der Waals surface area contributed by atoms with Crippen molar-refractivity contribution in [3.63, 3.8) is 0 Å². The molecule has 0 saturated carbocycles. The van der Waals surface area contributed by atoms with E-state index < -0.39 is 11.6 Å². The Bertz CT molecular complexity index is 795. The van der Waals surface area contributed by atoms with Crippen LogP contribution < -0.4 is 5.73 Å². The molecular weight excluding hydrogens is 262 g/mol. The fourth-order valence-electron chi connectivity index (χ4n) is 2.15. The zero-order chi connectivity index (χ0) is 14.3. The van der Waals surface area contributed by atoms with Gasteiger partial charge in [0.25, 0.3) is 0 Å². The van der Waals surface area contributed by atoms with Gasteiger partial charge in [-0.25, -0.2) is 18.7 Å². The molecule has 0 aliphatic heterocycles. The quantitative estimate of drug-likeness (QED) is 0.781. The van der Waals surface area contributed by atoms with Gasteiger partial charge in [0.1, 0.15) is 17.2 Å². The van der Waals surface area contributed by atoms with Crippen LogP contribution in [0.4, 0.5) is 14.7 Å².